The van der Waals surface area contributed by atoms with Gasteiger partial charge in [0.15, 0.2) is 0 Å². The lowest BCUT2D eigenvalue weighted by Gasteiger charge is -2.28. The molecule has 4 heteroatoms. The fourth-order valence-electron chi connectivity index (χ4n) is 1.57. The van der Waals surface area contributed by atoms with E-state index < -0.39 is 0 Å². The molecule has 0 saturated heterocycles. The van der Waals surface area contributed by atoms with E-state index in [0.29, 0.717) is 11.4 Å². The molecule has 88 valence electrons. The van der Waals surface area contributed by atoms with Crippen molar-refractivity contribution in [1.82, 2.24) is 4.90 Å². The van der Waals surface area contributed by atoms with E-state index in [1.165, 1.54) is 0 Å². The van der Waals surface area contributed by atoms with E-state index in [1.54, 1.807) is 4.90 Å². The van der Waals surface area contributed by atoms with Crippen molar-refractivity contribution < 1.29 is 4.79 Å². The standard InChI is InChI=1S/C11H22N2OS/c1-5-7-8(3)13(4)11(14)9(6-2)10(12)15/h8-9H,5-7H2,1-4H3,(H2,12,15). The van der Waals surface area contributed by atoms with Gasteiger partial charge in [0, 0.05) is 13.1 Å². The molecule has 15 heavy (non-hydrogen) atoms. The quantitative estimate of drug-likeness (QED) is 0.709. The molecule has 0 aliphatic heterocycles. The molecule has 3 nitrogen and oxygen atoms in total. The molecule has 0 rings (SSSR count). The van der Waals surface area contributed by atoms with Crippen molar-refractivity contribution in [3.05, 3.63) is 0 Å². The van der Waals surface area contributed by atoms with Crippen LogP contribution in [0.25, 0.3) is 0 Å². The second kappa shape index (κ2) is 6.77. The summed E-state index contributed by atoms with van der Waals surface area (Å²) in [6.45, 7) is 6.09. The molecular weight excluding hydrogens is 208 g/mol. The molecule has 2 atom stereocenters. The lowest BCUT2D eigenvalue weighted by molar-refractivity contribution is -0.134. The van der Waals surface area contributed by atoms with Crippen molar-refractivity contribution in [2.24, 2.45) is 11.7 Å². The first-order valence-corrected chi connectivity index (χ1v) is 5.92. The van der Waals surface area contributed by atoms with Crippen molar-refractivity contribution in [2.45, 2.75) is 46.1 Å². The minimum Gasteiger partial charge on any atom is -0.393 e. The summed E-state index contributed by atoms with van der Waals surface area (Å²) < 4.78 is 0. The summed E-state index contributed by atoms with van der Waals surface area (Å²) >= 11 is 4.89. The van der Waals surface area contributed by atoms with Gasteiger partial charge in [-0.05, 0) is 19.8 Å². The second-order valence-corrected chi connectivity index (χ2v) is 4.42. The third-order valence-corrected chi connectivity index (χ3v) is 3.05. The van der Waals surface area contributed by atoms with Crippen molar-refractivity contribution in [1.29, 1.82) is 0 Å². The van der Waals surface area contributed by atoms with Gasteiger partial charge in [-0.2, -0.15) is 0 Å². The Bertz CT molecular complexity index is 231. The van der Waals surface area contributed by atoms with Crippen LogP contribution < -0.4 is 5.73 Å². The van der Waals surface area contributed by atoms with Crippen molar-refractivity contribution in [3.8, 4) is 0 Å². The summed E-state index contributed by atoms with van der Waals surface area (Å²) in [6.07, 6.45) is 2.76. The number of nitrogens with zero attached hydrogens (tertiary/aromatic N) is 1. The van der Waals surface area contributed by atoms with Crippen LogP contribution >= 0.6 is 12.2 Å². The predicted octanol–water partition coefficient (Wildman–Crippen LogP) is 1.95. The van der Waals surface area contributed by atoms with Crippen LogP contribution in [-0.4, -0.2) is 28.9 Å². The first kappa shape index (κ1) is 14.4. The Morgan fingerprint density at radius 1 is 1.47 bits per heavy atom. The number of hydrogen-bond acceptors (Lipinski definition) is 2. The molecule has 2 N–H and O–H groups in total. The van der Waals surface area contributed by atoms with E-state index >= 15 is 0 Å². The lowest BCUT2D eigenvalue weighted by Crippen LogP contribution is -2.43. The molecule has 2 unspecified atom stereocenters. The third kappa shape index (κ3) is 4.16. The highest BCUT2D eigenvalue weighted by atomic mass is 32.1. The average molecular weight is 230 g/mol. The van der Waals surface area contributed by atoms with Crippen LogP contribution in [0.4, 0.5) is 0 Å². The normalized spacial score (nSPS) is 14.4. The molecule has 0 heterocycles. The molecule has 1 amide bonds. The molecule has 0 aromatic rings. The van der Waals surface area contributed by atoms with E-state index in [1.807, 2.05) is 20.9 Å². The van der Waals surface area contributed by atoms with Gasteiger partial charge >= 0.3 is 0 Å². The summed E-state index contributed by atoms with van der Waals surface area (Å²) in [6, 6.07) is 0.255. The SMILES string of the molecule is CCCC(C)N(C)C(=O)C(CC)C(N)=S. The highest BCUT2D eigenvalue weighted by Gasteiger charge is 2.25. The van der Waals surface area contributed by atoms with Crippen LogP contribution in [0.2, 0.25) is 0 Å². The number of thiocarbonyl (C=S) groups is 1. The maximum Gasteiger partial charge on any atom is 0.232 e. The van der Waals surface area contributed by atoms with Gasteiger partial charge in [0.25, 0.3) is 0 Å². The first-order valence-electron chi connectivity index (χ1n) is 5.51. The van der Waals surface area contributed by atoms with E-state index in [-0.39, 0.29) is 17.9 Å². The topological polar surface area (TPSA) is 46.3 Å². The van der Waals surface area contributed by atoms with Crippen molar-refractivity contribution >= 4 is 23.1 Å². The van der Waals surface area contributed by atoms with Crippen LogP contribution in [0.1, 0.15) is 40.0 Å². The van der Waals surface area contributed by atoms with Crippen LogP contribution in [0.15, 0.2) is 0 Å². The summed E-state index contributed by atoms with van der Waals surface area (Å²) in [4.78, 5) is 14.1. The number of nitrogens with two attached hydrogens (primary N) is 1. The Morgan fingerprint density at radius 3 is 2.33 bits per heavy atom. The largest absolute Gasteiger partial charge is 0.393 e. The van der Waals surface area contributed by atoms with Gasteiger partial charge in [0.2, 0.25) is 5.91 Å². The van der Waals surface area contributed by atoms with Crippen LogP contribution in [0, 0.1) is 5.92 Å². The van der Waals surface area contributed by atoms with Gasteiger partial charge < -0.3 is 10.6 Å². The molecule has 0 aromatic carbocycles. The maximum atomic E-state index is 12.0. The Labute approximate surface area is 98.0 Å². The molecule has 0 bridgehead atoms. The highest BCUT2D eigenvalue weighted by Crippen LogP contribution is 2.12. The van der Waals surface area contributed by atoms with E-state index in [4.69, 9.17) is 18.0 Å². The molecule has 0 aromatic heterocycles. The smallest absolute Gasteiger partial charge is 0.232 e. The number of rotatable bonds is 6. The number of carbonyl (C=O) groups is 1. The molecule has 0 aliphatic rings. The number of amides is 1. The van der Waals surface area contributed by atoms with Crippen molar-refractivity contribution in [2.75, 3.05) is 7.05 Å². The van der Waals surface area contributed by atoms with Crippen molar-refractivity contribution in [3.63, 3.8) is 0 Å². The van der Waals surface area contributed by atoms with Gasteiger partial charge in [0.05, 0.1) is 10.9 Å². The Kier molecular flexibility index (Phi) is 6.48. The molecule has 0 saturated carbocycles. The van der Waals surface area contributed by atoms with Gasteiger partial charge in [-0.3, -0.25) is 4.79 Å². The summed E-state index contributed by atoms with van der Waals surface area (Å²) in [7, 11) is 1.82. The van der Waals surface area contributed by atoms with E-state index in [9.17, 15) is 4.79 Å². The van der Waals surface area contributed by atoms with Crippen LogP contribution in [0.3, 0.4) is 0 Å². The fourth-order valence-corrected chi connectivity index (χ4v) is 1.84. The monoisotopic (exact) mass is 230 g/mol. The van der Waals surface area contributed by atoms with Gasteiger partial charge in [0.1, 0.15) is 0 Å². The molecule has 0 aliphatic carbocycles. The average Bonchev–Trinajstić information content (AvgIpc) is 2.17. The minimum absolute atomic E-state index is 0.0472. The second-order valence-electron chi connectivity index (χ2n) is 3.95. The number of hydrogen-bond donors (Lipinski definition) is 1. The summed E-state index contributed by atoms with van der Waals surface area (Å²) in [5.74, 6) is -0.254. The van der Waals surface area contributed by atoms with Gasteiger partial charge in [-0.1, -0.05) is 32.5 Å². The highest BCUT2D eigenvalue weighted by molar-refractivity contribution is 7.80. The summed E-state index contributed by atoms with van der Waals surface area (Å²) in [5, 5.41) is 0. The Morgan fingerprint density at radius 2 is 2.00 bits per heavy atom. The van der Waals surface area contributed by atoms with Gasteiger partial charge in [-0.15, -0.1) is 0 Å². The maximum absolute atomic E-state index is 12.0. The van der Waals surface area contributed by atoms with E-state index in [0.717, 1.165) is 12.8 Å². The fraction of sp³-hybridized carbons (Fsp3) is 0.818. The minimum atomic E-state index is -0.302. The molecule has 0 radical (unpaired) electrons. The van der Waals surface area contributed by atoms with Gasteiger partial charge in [-0.25, -0.2) is 0 Å². The lowest BCUT2D eigenvalue weighted by atomic mass is 10.0. The van der Waals surface area contributed by atoms with Crippen LogP contribution in [0.5, 0.6) is 0 Å². The third-order valence-electron chi connectivity index (χ3n) is 2.77. The Hall–Kier alpha value is -0.640. The zero-order chi connectivity index (χ0) is 12.0. The molecule has 0 spiro atoms. The number of carbonyl (C=O) groups excluding carboxylic acids is 1. The van der Waals surface area contributed by atoms with Crippen LogP contribution in [-0.2, 0) is 4.79 Å². The predicted molar refractivity (Wildman–Crippen MR) is 67.7 cm³/mol. The zero-order valence-corrected chi connectivity index (χ0v) is 10.9. The Balaban J connectivity index is 4.47. The molecular formula is C11H22N2OS. The zero-order valence-electron chi connectivity index (χ0n) is 10.1. The van der Waals surface area contributed by atoms with E-state index in [2.05, 4.69) is 6.92 Å². The first-order chi connectivity index (χ1) is 6.95. The molecule has 0 fully saturated rings. The summed E-state index contributed by atoms with van der Waals surface area (Å²) in [5.41, 5.74) is 5.54.